The van der Waals surface area contributed by atoms with E-state index in [-0.39, 0.29) is 12.0 Å². The average Bonchev–Trinajstić information content (AvgIpc) is 2.03. The molecule has 1 aliphatic heterocycles. The highest BCUT2D eigenvalue weighted by Gasteiger charge is 2.14. The monoisotopic (exact) mass is 159 g/mol. The van der Waals surface area contributed by atoms with Crippen LogP contribution in [-0.2, 0) is 14.3 Å². The zero-order valence-corrected chi connectivity index (χ0v) is 6.41. The number of hydrogen-bond acceptors (Lipinski definition) is 3. The summed E-state index contributed by atoms with van der Waals surface area (Å²) in [4.78, 5) is 10.4. The van der Waals surface area contributed by atoms with Gasteiger partial charge in [-0.3, -0.25) is 4.79 Å². The molecule has 4 nitrogen and oxygen atoms in total. The van der Waals surface area contributed by atoms with Crippen molar-refractivity contribution in [2.75, 3.05) is 19.8 Å². The van der Waals surface area contributed by atoms with Gasteiger partial charge >= 0.3 is 0 Å². The molecule has 0 aromatic rings. The van der Waals surface area contributed by atoms with E-state index in [0.717, 1.165) is 0 Å². The lowest BCUT2D eigenvalue weighted by Gasteiger charge is -2.22. The Morgan fingerprint density at radius 3 is 2.91 bits per heavy atom. The van der Waals surface area contributed by atoms with Crippen LogP contribution in [0.3, 0.4) is 0 Å². The Morgan fingerprint density at radius 1 is 1.55 bits per heavy atom. The normalized spacial score (nSPS) is 24.9. The number of nitrogens with two attached hydrogens (primary N) is 1. The Kier molecular flexibility index (Phi) is 3.32. The molecule has 0 unspecified atom stereocenters. The molecule has 0 aromatic heterocycles. The molecule has 1 saturated heterocycles. The zero-order chi connectivity index (χ0) is 8.10. The molecule has 1 heterocycles. The number of hydrogen-bond donors (Lipinski definition) is 1. The Labute approximate surface area is 65.7 Å². The minimum Gasteiger partial charge on any atom is -0.376 e. The van der Waals surface area contributed by atoms with Gasteiger partial charge in [-0.25, -0.2) is 0 Å². The first-order valence-electron chi connectivity index (χ1n) is 3.76. The molecule has 0 saturated carbocycles. The van der Waals surface area contributed by atoms with Crippen molar-refractivity contribution < 1.29 is 14.3 Å². The number of carbonyl (C=O) groups excluding carboxylic acids is 1. The molecule has 2 N–H and O–H groups in total. The van der Waals surface area contributed by atoms with Gasteiger partial charge in [-0.2, -0.15) is 0 Å². The predicted molar refractivity (Wildman–Crippen MR) is 39.0 cm³/mol. The fraction of sp³-hybridized carbons (Fsp3) is 0.857. The fourth-order valence-corrected chi connectivity index (χ4v) is 1.01. The van der Waals surface area contributed by atoms with E-state index in [2.05, 4.69) is 0 Å². The van der Waals surface area contributed by atoms with E-state index < -0.39 is 0 Å². The molecule has 4 heteroatoms. The number of ether oxygens (including phenoxy) is 2. The summed E-state index contributed by atoms with van der Waals surface area (Å²) < 4.78 is 10.4. The van der Waals surface area contributed by atoms with Crippen molar-refractivity contribution >= 4 is 5.91 Å². The third-order valence-corrected chi connectivity index (χ3v) is 1.60. The highest BCUT2D eigenvalue weighted by atomic mass is 16.6. The van der Waals surface area contributed by atoms with Crippen molar-refractivity contribution in [3.05, 3.63) is 0 Å². The minimum atomic E-state index is -0.279. The van der Waals surface area contributed by atoms with Gasteiger partial charge in [-0.15, -0.1) is 0 Å². The van der Waals surface area contributed by atoms with Crippen LogP contribution in [0, 0.1) is 0 Å². The summed E-state index contributed by atoms with van der Waals surface area (Å²) in [6.45, 7) is 1.88. The number of rotatable bonds is 3. The molecular formula is C7H13NO3. The molecule has 64 valence electrons. The quantitative estimate of drug-likeness (QED) is 0.613. The Hall–Kier alpha value is -0.610. The molecule has 1 aliphatic rings. The van der Waals surface area contributed by atoms with E-state index >= 15 is 0 Å². The predicted octanol–water partition coefficient (Wildman–Crippen LogP) is -0.333. The van der Waals surface area contributed by atoms with E-state index in [9.17, 15) is 4.79 Å². The highest BCUT2D eigenvalue weighted by Crippen LogP contribution is 2.06. The van der Waals surface area contributed by atoms with Crippen molar-refractivity contribution in [1.82, 2.24) is 0 Å². The average molecular weight is 159 g/mol. The second kappa shape index (κ2) is 4.31. The van der Waals surface area contributed by atoms with Crippen LogP contribution in [0.15, 0.2) is 0 Å². The van der Waals surface area contributed by atoms with Gasteiger partial charge in [0.1, 0.15) is 0 Å². The summed E-state index contributed by atoms with van der Waals surface area (Å²) in [5.41, 5.74) is 4.97. The van der Waals surface area contributed by atoms with Gasteiger partial charge in [-0.05, 0) is 6.42 Å². The summed E-state index contributed by atoms with van der Waals surface area (Å²) in [6, 6.07) is 0. The number of amides is 1. The summed E-state index contributed by atoms with van der Waals surface area (Å²) in [7, 11) is 0. The Balaban J connectivity index is 2.09. The molecule has 1 amide bonds. The summed E-state index contributed by atoms with van der Waals surface area (Å²) in [5.74, 6) is -0.279. The third kappa shape index (κ3) is 3.34. The van der Waals surface area contributed by atoms with Crippen molar-refractivity contribution in [1.29, 1.82) is 0 Å². The summed E-state index contributed by atoms with van der Waals surface area (Å²) in [6.07, 6.45) is 1.12. The van der Waals surface area contributed by atoms with Gasteiger partial charge in [-0.1, -0.05) is 0 Å². The van der Waals surface area contributed by atoms with Crippen LogP contribution in [0.25, 0.3) is 0 Å². The van der Waals surface area contributed by atoms with Crippen LogP contribution in [0.5, 0.6) is 0 Å². The molecule has 11 heavy (non-hydrogen) atoms. The maximum absolute atomic E-state index is 10.4. The number of primary amides is 1. The standard InChI is InChI=1S/C7H13NO3/c8-7(9)2-1-6-5-10-3-4-11-6/h6H,1-5H2,(H2,8,9)/t6-/m0/s1. The van der Waals surface area contributed by atoms with Crippen LogP contribution in [0.1, 0.15) is 12.8 Å². The first kappa shape index (κ1) is 8.49. The molecule has 0 aliphatic carbocycles. The SMILES string of the molecule is NC(=O)CC[C@H]1COCCO1. The van der Waals surface area contributed by atoms with Gasteiger partial charge < -0.3 is 15.2 Å². The van der Waals surface area contributed by atoms with Crippen molar-refractivity contribution in [2.45, 2.75) is 18.9 Å². The molecule has 0 radical (unpaired) electrons. The zero-order valence-electron chi connectivity index (χ0n) is 6.41. The Morgan fingerprint density at radius 2 is 2.36 bits per heavy atom. The second-order valence-corrected chi connectivity index (χ2v) is 2.57. The van der Waals surface area contributed by atoms with Crippen LogP contribution in [0.4, 0.5) is 0 Å². The lowest BCUT2D eigenvalue weighted by Crippen LogP contribution is -2.29. The Bertz CT molecular complexity index is 132. The largest absolute Gasteiger partial charge is 0.376 e. The number of carbonyl (C=O) groups is 1. The van der Waals surface area contributed by atoms with Gasteiger partial charge in [0.15, 0.2) is 0 Å². The van der Waals surface area contributed by atoms with Gasteiger partial charge in [0.2, 0.25) is 5.91 Å². The molecule has 0 bridgehead atoms. The van der Waals surface area contributed by atoms with E-state index in [4.69, 9.17) is 15.2 Å². The lowest BCUT2D eigenvalue weighted by atomic mass is 10.2. The van der Waals surface area contributed by atoms with Crippen molar-refractivity contribution in [2.24, 2.45) is 5.73 Å². The summed E-state index contributed by atoms with van der Waals surface area (Å²) in [5, 5.41) is 0. The van der Waals surface area contributed by atoms with E-state index in [0.29, 0.717) is 32.7 Å². The molecule has 0 spiro atoms. The van der Waals surface area contributed by atoms with E-state index in [1.54, 1.807) is 0 Å². The molecule has 1 atom stereocenters. The topological polar surface area (TPSA) is 61.6 Å². The second-order valence-electron chi connectivity index (χ2n) is 2.57. The molecule has 1 fully saturated rings. The first-order chi connectivity index (χ1) is 5.29. The third-order valence-electron chi connectivity index (χ3n) is 1.60. The van der Waals surface area contributed by atoms with Gasteiger partial charge in [0.05, 0.1) is 25.9 Å². The van der Waals surface area contributed by atoms with Crippen molar-refractivity contribution in [3.8, 4) is 0 Å². The highest BCUT2D eigenvalue weighted by molar-refractivity contribution is 5.73. The maximum Gasteiger partial charge on any atom is 0.217 e. The van der Waals surface area contributed by atoms with Gasteiger partial charge in [0.25, 0.3) is 0 Å². The van der Waals surface area contributed by atoms with Crippen LogP contribution >= 0.6 is 0 Å². The first-order valence-corrected chi connectivity index (χ1v) is 3.76. The summed E-state index contributed by atoms with van der Waals surface area (Å²) >= 11 is 0. The van der Waals surface area contributed by atoms with Gasteiger partial charge in [0, 0.05) is 6.42 Å². The van der Waals surface area contributed by atoms with Crippen molar-refractivity contribution in [3.63, 3.8) is 0 Å². The lowest BCUT2D eigenvalue weighted by molar-refractivity contribution is -0.121. The van der Waals surface area contributed by atoms with E-state index in [1.807, 2.05) is 0 Å². The van der Waals surface area contributed by atoms with Crippen LogP contribution in [0.2, 0.25) is 0 Å². The minimum absolute atomic E-state index is 0.0660. The van der Waals surface area contributed by atoms with Crippen LogP contribution in [-0.4, -0.2) is 31.8 Å². The smallest absolute Gasteiger partial charge is 0.217 e. The molecule has 1 rings (SSSR count). The van der Waals surface area contributed by atoms with Crippen LogP contribution < -0.4 is 5.73 Å². The molecule has 0 aromatic carbocycles. The molecular weight excluding hydrogens is 146 g/mol. The fourth-order valence-electron chi connectivity index (χ4n) is 1.01. The maximum atomic E-state index is 10.4. The van der Waals surface area contributed by atoms with E-state index in [1.165, 1.54) is 0 Å².